The molecule has 1 N–H and O–H groups in total. The fourth-order valence-corrected chi connectivity index (χ4v) is 3.66. The maximum absolute atomic E-state index is 13.0. The highest BCUT2D eigenvalue weighted by Crippen LogP contribution is 2.27. The van der Waals surface area contributed by atoms with E-state index in [2.05, 4.69) is 15.3 Å². The van der Waals surface area contributed by atoms with Crippen molar-refractivity contribution in [3.05, 3.63) is 93.6 Å². The van der Waals surface area contributed by atoms with Gasteiger partial charge in [-0.05, 0) is 43.3 Å². The summed E-state index contributed by atoms with van der Waals surface area (Å²) in [6.07, 6.45) is 4.84. The van der Waals surface area contributed by atoms with Gasteiger partial charge in [0.25, 0.3) is 5.91 Å². The first-order chi connectivity index (χ1) is 14.0. The number of fused-ring (bicyclic) bond motifs is 1. The number of aryl methyl sites for hydroxylation is 1. The standard InChI is InChI=1S/C21H14Cl2N4O2/c1-12-18(19(28)13-7-9-24-10-8-13)27-11-3-6-16(20(27)25-12)26-21(29)17-14(22)4-2-5-15(17)23/h2-11H,1H3,(H,26,29). The van der Waals surface area contributed by atoms with Gasteiger partial charge in [0, 0.05) is 24.2 Å². The van der Waals surface area contributed by atoms with E-state index in [0.29, 0.717) is 28.3 Å². The number of carbonyl (C=O) groups excluding carboxylic acids is 2. The van der Waals surface area contributed by atoms with E-state index < -0.39 is 5.91 Å². The SMILES string of the molecule is Cc1nc2c(NC(=O)c3c(Cl)cccc3Cl)cccn2c1C(=O)c1ccncc1. The number of imidazole rings is 1. The van der Waals surface area contributed by atoms with Crippen LogP contribution in [-0.2, 0) is 0 Å². The summed E-state index contributed by atoms with van der Waals surface area (Å²) in [5.74, 6) is -0.647. The number of rotatable bonds is 4. The zero-order chi connectivity index (χ0) is 20.5. The summed E-state index contributed by atoms with van der Waals surface area (Å²) >= 11 is 12.3. The largest absolute Gasteiger partial charge is 0.319 e. The third-order valence-electron chi connectivity index (χ3n) is 4.42. The Bertz CT molecular complexity index is 1230. The van der Waals surface area contributed by atoms with Gasteiger partial charge in [0.05, 0.1) is 27.0 Å². The van der Waals surface area contributed by atoms with Gasteiger partial charge in [0.1, 0.15) is 5.69 Å². The second kappa shape index (κ2) is 7.66. The van der Waals surface area contributed by atoms with Gasteiger partial charge in [-0.2, -0.15) is 0 Å². The smallest absolute Gasteiger partial charge is 0.258 e. The second-order valence-corrected chi connectivity index (χ2v) is 7.09. The van der Waals surface area contributed by atoms with Crippen molar-refractivity contribution in [2.24, 2.45) is 0 Å². The first-order valence-corrected chi connectivity index (χ1v) is 9.40. The number of anilines is 1. The number of halogens is 2. The fraction of sp³-hybridized carbons (Fsp3) is 0.0476. The first-order valence-electron chi connectivity index (χ1n) is 8.65. The molecule has 4 rings (SSSR count). The number of hydrogen-bond donors (Lipinski definition) is 1. The van der Waals surface area contributed by atoms with Gasteiger partial charge in [-0.15, -0.1) is 0 Å². The predicted octanol–water partition coefficient (Wildman–Crippen LogP) is 4.83. The van der Waals surface area contributed by atoms with Crippen molar-refractivity contribution in [2.75, 3.05) is 5.32 Å². The molecule has 4 aromatic rings. The van der Waals surface area contributed by atoms with Crippen molar-refractivity contribution in [1.82, 2.24) is 14.4 Å². The number of benzene rings is 1. The summed E-state index contributed by atoms with van der Waals surface area (Å²) in [4.78, 5) is 34.2. The van der Waals surface area contributed by atoms with E-state index in [1.807, 2.05) is 0 Å². The number of aromatic nitrogens is 3. The van der Waals surface area contributed by atoms with Crippen LogP contribution in [0, 0.1) is 6.92 Å². The van der Waals surface area contributed by atoms with Crippen molar-refractivity contribution in [2.45, 2.75) is 6.92 Å². The molecule has 0 aliphatic heterocycles. The van der Waals surface area contributed by atoms with Crippen LogP contribution in [0.15, 0.2) is 61.1 Å². The number of nitrogens with one attached hydrogen (secondary N) is 1. The lowest BCUT2D eigenvalue weighted by molar-refractivity contribution is 0.102. The highest BCUT2D eigenvalue weighted by molar-refractivity contribution is 6.40. The van der Waals surface area contributed by atoms with Gasteiger partial charge in [-0.3, -0.25) is 19.0 Å². The molecule has 8 heteroatoms. The molecular formula is C21H14Cl2N4O2. The Kier molecular flexibility index (Phi) is 5.05. The van der Waals surface area contributed by atoms with Crippen LogP contribution in [0.3, 0.4) is 0 Å². The maximum atomic E-state index is 13.0. The van der Waals surface area contributed by atoms with E-state index in [9.17, 15) is 9.59 Å². The Hall–Kier alpha value is -3.22. The van der Waals surface area contributed by atoms with Gasteiger partial charge >= 0.3 is 0 Å². The number of amides is 1. The van der Waals surface area contributed by atoms with Crippen molar-refractivity contribution >= 4 is 46.2 Å². The predicted molar refractivity (Wildman–Crippen MR) is 112 cm³/mol. The van der Waals surface area contributed by atoms with E-state index in [4.69, 9.17) is 23.2 Å². The third kappa shape index (κ3) is 3.48. The molecule has 1 aromatic carbocycles. The Balaban J connectivity index is 1.76. The molecule has 0 fully saturated rings. The van der Waals surface area contributed by atoms with Crippen LogP contribution in [0.5, 0.6) is 0 Å². The monoisotopic (exact) mass is 424 g/mol. The molecule has 6 nitrogen and oxygen atoms in total. The second-order valence-electron chi connectivity index (χ2n) is 6.28. The Morgan fingerprint density at radius 1 is 1.00 bits per heavy atom. The van der Waals surface area contributed by atoms with Crippen LogP contribution in [0.2, 0.25) is 10.0 Å². The zero-order valence-corrected chi connectivity index (χ0v) is 16.7. The lowest BCUT2D eigenvalue weighted by atomic mass is 10.1. The fourth-order valence-electron chi connectivity index (χ4n) is 3.09. The summed E-state index contributed by atoms with van der Waals surface area (Å²) in [7, 11) is 0. The molecule has 3 heterocycles. The molecule has 0 unspecified atom stereocenters. The molecule has 3 aromatic heterocycles. The highest BCUT2D eigenvalue weighted by atomic mass is 35.5. The van der Waals surface area contributed by atoms with Crippen LogP contribution < -0.4 is 5.32 Å². The normalized spacial score (nSPS) is 10.9. The van der Waals surface area contributed by atoms with Gasteiger partial charge in [-0.1, -0.05) is 29.3 Å². The van der Waals surface area contributed by atoms with Gasteiger partial charge in [0.15, 0.2) is 5.65 Å². The molecule has 0 spiro atoms. The molecule has 144 valence electrons. The number of pyridine rings is 2. The molecule has 0 aliphatic rings. The minimum Gasteiger partial charge on any atom is -0.319 e. The quantitative estimate of drug-likeness (QED) is 0.476. The first kappa shape index (κ1) is 19.1. The molecule has 0 bridgehead atoms. The Morgan fingerprint density at radius 2 is 1.69 bits per heavy atom. The molecule has 1 amide bonds. The van der Waals surface area contributed by atoms with Crippen molar-refractivity contribution in [1.29, 1.82) is 0 Å². The molecule has 29 heavy (non-hydrogen) atoms. The third-order valence-corrected chi connectivity index (χ3v) is 5.05. The summed E-state index contributed by atoms with van der Waals surface area (Å²) in [6.45, 7) is 1.75. The molecule has 0 saturated heterocycles. The molecule has 0 aliphatic carbocycles. The van der Waals surface area contributed by atoms with E-state index in [1.165, 1.54) is 0 Å². The van der Waals surface area contributed by atoms with Crippen LogP contribution >= 0.6 is 23.2 Å². The number of nitrogens with zero attached hydrogens (tertiary/aromatic N) is 3. The summed E-state index contributed by atoms with van der Waals surface area (Å²) < 4.78 is 1.65. The summed E-state index contributed by atoms with van der Waals surface area (Å²) in [5, 5.41) is 3.28. The number of hydrogen-bond acceptors (Lipinski definition) is 4. The van der Waals surface area contributed by atoms with Crippen molar-refractivity contribution in [3.63, 3.8) is 0 Å². The van der Waals surface area contributed by atoms with E-state index in [0.717, 1.165) is 0 Å². The lowest BCUT2D eigenvalue weighted by Gasteiger charge is -2.10. The number of ketones is 1. The van der Waals surface area contributed by atoms with E-state index in [1.54, 1.807) is 72.4 Å². The van der Waals surface area contributed by atoms with Gasteiger partial charge in [-0.25, -0.2) is 4.98 Å². The van der Waals surface area contributed by atoms with Crippen LogP contribution in [0.25, 0.3) is 5.65 Å². The summed E-state index contributed by atoms with van der Waals surface area (Å²) in [5.41, 5.74) is 2.52. The maximum Gasteiger partial charge on any atom is 0.258 e. The van der Waals surface area contributed by atoms with Crippen LogP contribution in [0.1, 0.15) is 32.1 Å². The minimum absolute atomic E-state index is 0.175. The topological polar surface area (TPSA) is 76.4 Å². The van der Waals surface area contributed by atoms with E-state index >= 15 is 0 Å². The molecule has 0 radical (unpaired) electrons. The zero-order valence-electron chi connectivity index (χ0n) is 15.2. The molecular weight excluding hydrogens is 411 g/mol. The van der Waals surface area contributed by atoms with Gasteiger partial charge in [0.2, 0.25) is 5.78 Å². The molecule has 0 atom stereocenters. The molecule has 0 saturated carbocycles. The van der Waals surface area contributed by atoms with E-state index in [-0.39, 0.29) is 21.4 Å². The lowest BCUT2D eigenvalue weighted by Crippen LogP contribution is -2.14. The average molecular weight is 425 g/mol. The number of carbonyl (C=O) groups is 2. The van der Waals surface area contributed by atoms with Gasteiger partial charge < -0.3 is 5.32 Å². The van der Waals surface area contributed by atoms with Crippen LogP contribution in [-0.4, -0.2) is 26.1 Å². The Morgan fingerprint density at radius 3 is 2.38 bits per heavy atom. The Labute approximate surface area is 176 Å². The van der Waals surface area contributed by atoms with Crippen LogP contribution in [0.4, 0.5) is 5.69 Å². The summed E-state index contributed by atoms with van der Waals surface area (Å²) in [6, 6.07) is 11.6. The average Bonchev–Trinajstić information content (AvgIpc) is 3.05. The minimum atomic E-state index is -0.462. The van der Waals surface area contributed by atoms with Crippen molar-refractivity contribution < 1.29 is 9.59 Å². The highest BCUT2D eigenvalue weighted by Gasteiger charge is 2.21. The van der Waals surface area contributed by atoms with Crippen molar-refractivity contribution in [3.8, 4) is 0 Å².